The Labute approximate surface area is 193 Å². The number of carbonyl (C=O) groups is 2. The van der Waals surface area contributed by atoms with Crippen LogP contribution in [0.15, 0.2) is 86.6 Å². The Balaban J connectivity index is 1.54. The topological polar surface area (TPSA) is 102 Å². The lowest BCUT2D eigenvalue weighted by atomic mass is 10.0. The maximum Gasteiger partial charge on any atom is 0.344 e. The monoisotopic (exact) mass is 462 g/mol. The number of para-hydroxylation sites is 1. The van der Waals surface area contributed by atoms with Crippen LogP contribution in [-0.4, -0.2) is 23.4 Å². The standard InChI is InChI=1S/C24H18N2O6S/c1-30-21-14-16(25-24(29)26(33)22(27)11-9-17-6-4-12-31-17)8-10-18(21)19-13-15-5-2-3-7-20(15)32-23(19)28/h2-14,33H,1H3,(H,25,29)/b11-9+. The van der Waals surface area contributed by atoms with Crippen molar-refractivity contribution in [2.24, 2.45) is 0 Å². The van der Waals surface area contributed by atoms with Gasteiger partial charge in [0.1, 0.15) is 17.1 Å². The number of benzene rings is 2. The number of urea groups is 1. The number of anilines is 1. The molecular formula is C24H18N2O6S. The Morgan fingerprint density at radius 1 is 1.06 bits per heavy atom. The van der Waals surface area contributed by atoms with Gasteiger partial charge in [0, 0.05) is 28.8 Å². The molecular weight excluding hydrogens is 444 g/mol. The van der Waals surface area contributed by atoms with E-state index in [1.807, 2.05) is 12.1 Å². The molecule has 4 aromatic rings. The number of furan rings is 1. The van der Waals surface area contributed by atoms with Crippen molar-refractivity contribution in [3.63, 3.8) is 0 Å². The molecule has 2 aromatic heterocycles. The van der Waals surface area contributed by atoms with Gasteiger partial charge in [-0.05, 0) is 42.5 Å². The summed E-state index contributed by atoms with van der Waals surface area (Å²) in [5.74, 6) is 0.138. The summed E-state index contributed by atoms with van der Waals surface area (Å²) in [4.78, 5) is 37.1. The molecule has 0 unspecified atom stereocenters. The van der Waals surface area contributed by atoms with Crippen LogP contribution in [-0.2, 0) is 4.79 Å². The number of nitrogens with zero attached hydrogens (tertiary/aromatic N) is 1. The van der Waals surface area contributed by atoms with Crippen molar-refractivity contribution in [1.29, 1.82) is 0 Å². The molecule has 1 N–H and O–H groups in total. The van der Waals surface area contributed by atoms with Crippen LogP contribution in [0.2, 0.25) is 0 Å². The lowest BCUT2D eigenvalue weighted by molar-refractivity contribution is -0.119. The van der Waals surface area contributed by atoms with E-state index in [4.69, 9.17) is 13.6 Å². The molecule has 8 nitrogen and oxygen atoms in total. The molecule has 9 heteroatoms. The van der Waals surface area contributed by atoms with Gasteiger partial charge >= 0.3 is 11.7 Å². The van der Waals surface area contributed by atoms with E-state index in [-0.39, 0.29) is 0 Å². The second-order valence-electron chi connectivity index (χ2n) is 6.83. The van der Waals surface area contributed by atoms with Crippen LogP contribution in [0.25, 0.3) is 28.2 Å². The highest BCUT2D eigenvalue weighted by atomic mass is 32.1. The highest BCUT2D eigenvalue weighted by Crippen LogP contribution is 2.32. The van der Waals surface area contributed by atoms with E-state index in [1.165, 1.54) is 25.5 Å². The van der Waals surface area contributed by atoms with Crippen molar-refractivity contribution in [3.05, 3.63) is 89.2 Å². The first-order valence-corrected chi connectivity index (χ1v) is 10.1. The molecule has 0 saturated carbocycles. The summed E-state index contributed by atoms with van der Waals surface area (Å²) in [5, 5.41) is 3.33. The average molecular weight is 462 g/mol. The van der Waals surface area contributed by atoms with Gasteiger partial charge < -0.3 is 18.9 Å². The normalized spacial score (nSPS) is 11.0. The number of hydrogen-bond acceptors (Lipinski definition) is 7. The molecule has 0 aliphatic carbocycles. The number of hydrogen-bond donors (Lipinski definition) is 2. The van der Waals surface area contributed by atoms with Gasteiger partial charge in [0.25, 0.3) is 5.91 Å². The minimum absolute atomic E-state index is 0.317. The van der Waals surface area contributed by atoms with E-state index in [1.54, 1.807) is 42.5 Å². The van der Waals surface area contributed by atoms with Crippen LogP contribution in [0.5, 0.6) is 5.75 Å². The highest BCUT2D eigenvalue weighted by molar-refractivity contribution is 7.79. The zero-order chi connectivity index (χ0) is 23.4. The maximum atomic E-state index is 12.5. The number of imide groups is 1. The van der Waals surface area contributed by atoms with Crippen LogP contribution in [0.3, 0.4) is 0 Å². The quantitative estimate of drug-likeness (QED) is 0.246. The van der Waals surface area contributed by atoms with Gasteiger partial charge in [0.05, 0.1) is 18.9 Å². The van der Waals surface area contributed by atoms with Gasteiger partial charge in [-0.1, -0.05) is 31.0 Å². The number of rotatable bonds is 5. The number of thiol groups is 1. The summed E-state index contributed by atoms with van der Waals surface area (Å²) in [6.07, 6.45) is 4.05. The minimum atomic E-state index is -0.771. The lowest BCUT2D eigenvalue weighted by Crippen LogP contribution is -2.31. The molecule has 0 bridgehead atoms. The molecule has 0 atom stereocenters. The summed E-state index contributed by atoms with van der Waals surface area (Å²) in [6, 6.07) is 16.2. The Morgan fingerprint density at radius 3 is 2.64 bits per heavy atom. The predicted octanol–water partition coefficient (Wildman–Crippen LogP) is 4.98. The largest absolute Gasteiger partial charge is 0.496 e. The number of nitrogens with one attached hydrogen (secondary N) is 1. The van der Waals surface area contributed by atoms with E-state index in [0.29, 0.717) is 38.2 Å². The third kappa shape index (κ3) is 4.83. The van der Waals surface area contributed by atoms with Crippen LogP contribution >= 0.6 is 12.8 Å². The summed E-state index contributed by atoms with van der Waals surface area (Å²) in [7, 11) is 1.45. The summed E-state index contributed by atoms with van der Waals surface area (Å²) < 4.78 is 16.5. The first-order valence-electron chi connectivity index (χ1n) is 9.73. The Bertz CT molecular complexity index is 1410. The molecule has 0 radical (unpaired) electrons. The van der Waals surface area contributed by atoms with E-state index < -0.39 is 17.6 Å². The first kappa shape index (κ1) is 22.0. The Kier molecular flexibility index (Phi) is 6.32. The number of fused-ring (bicyclic) bond motifs is 1. The molecule has 0 spiro atoms. The van der Waals surface area contributed by atoms with E-state index >= 15 is 0 Å². The van der Waals surface area contributed by atoms with Gasteiger partial charge in [0.15, 0.2) is 0 Å². The van der Waals surface area contributed by atoms with Crippen LogP contribution in [0, 0.1) is 0 Å². The van der Waals surface area contributed by atoms with Gasteiger partial charge in [-0.15, -0.1) is 0 Å². The van der Waals surface area contributed by atoms with Crippen molar-refractivity contribution in [1.82, 2.24) is 4.31 Å². The summed E-state index contributed by atoms with van der Waals surface area (Å²) in [6.45, 7) is 0. The number of carbonyl (C=O) groups excluding carboxylic acids is 2. The second kappa shape index (κ2) is 9.49. The third-order valence-corrected chi connectivity index (χ3v) is 5.10. The van der Waals surface area contributed by atoms with E-state index in [9.17, 15) is 14.4 Å². The fourth-order valence-corrected chi connectivity index (χ4v) is 3.24. The van der Waals surface area contributed by atoms with Crippen LogP contribution < -0.4 is 15.7 Å². The molecule has 0 saturated heterocycles. The van der Waals surface area contributed by atoms with Gasteiger partial charge in [0.2, 0.25) is 0 Å². The maximum absolute atomic E-state index is 12.5. The summed E-state index contributed by atoms with van der Waals surface area (Å²) >= 11 is 3.96. The van der Waals surface area contributed by atoms with E-state index in [0.717, 1.165) is 11.5 Å². The SMILES string of the molecule is COc1cc(NC(=O)N(S)C(=O)/C=C/c2ccco2)ccc1-c1cc2ccccc2oc1=O. The average Bonchev–Trinajstić information content (AvgIpc) is 3.35. The Hall–Kier alpha value is -4.24. The Morgan fingerprint density at radius 2 is 1.88 bits per heavy atom. The molecule has 3 amide bonds. The molecule has 166 valence electrons. The van der Waals surface area contributed by atoms with Gasteiger partial charge in [-0.3, -0.25) is 4.79 Å². The fourth-order valence-electron chi connectivity index (χ4n) is 3.13. The molecule has 2 heterocycles. The smallest absolute Gasteiger partial charge is 0.344 e. The van der Waals surface area contributed by atoms with Gasteiger partial charge in [-0.25, -0.2) is 13.9 Å². The van der Waals surface area contributed by atoms with Crippen molar-refractivity contribution in [2.75, 3.05) is 12.4 Å². The van der Waals surface area contributed by atoms with Crippen LogP contribution in [0.4, 0.5) is 10.5 Å². The number of ether oxygens (including phenoxy) is 1. The first-order chi connectivity index (χ1) is 16.0. The lowest BCUT2D eigenvalue weighted by Gasteiger charge is -2.15. The minimum Gasteiger partial charge on any atom is -0.496 e. The molecule has 0 fully saturated rings. The van der Waals surface area contributed by atoms with Crippen molar-refractivity contribution >= 4 is 47.5 Å². The zero-order valence-corrected chi connectivity index (χ0v) is 18.2. The van der Waals surface area contributed by atoms with Crippen molar-refractivity contribution in [3.8, 4) is 16.9 Å². The third-order valence-electron chi connectivity index (χ3n) is 4.72. The molecule has 2 aromatic carbocycles. The summed E-state index contributed by atoms with van der Waals surface area (Å²) in [5.41, 5.74) is 1.12. The second-order valence-corrected chi connectivity index (χ2v) is 7.23. The molecule has 0 aliphatic heterocycles. The van der Waals surface area contributed by atoms with Crippen LogP contribution in [0.1, 0.15) is 5.76 Å². The molecule has 33 heavy (non-hydrogen) atoms. The zero-order valence-electron chi connectivity index (χ0n) is 17.3. The van der Waals surface area contributed by atoms with Gasteiger partial charge in [-0.2, -0.15) is 0 Å². The molecule has 0 aliphatic rings. The molecule has 4 rings (SSSR count). The van der Waals surface area contributed by atoms with E-state index in [2.05, 4.69) is 18.1 Å². The number of methoxy groups -OCH3 is 1. The fraction of sp³-hybridized carbons (Fsp3) is 0.0417. The number of amides is 3. The van der Waals surface area contributed by atoms with Crippen molar-refractivity contribution < 1.29 is 23.2 Å². The van der Waals surface area contributed by atoms with Crippen molar-refractivity contribution in [2.45, 2.75) is 0 Å². The predicted molar refractivity (Wildman–Crippen MR) is 127 cm³/mol. The highest BCUT2D eigenvalue weighted by Gasteiger charge is 2.18.